The summed E-state index contributed by atoms with van der Waals surface area (Å²) in [6.07, 6.45) is 2.86. The number of rotatable bonds is 2. The molecule has 11 heavy (non-hydrogen) atoms. The molecule has 0 spiro atoms. The van der Waals surface area contributed by atoms with Crippen molar-refractivity contribution in [1.82, 2.24) is 0 Å². The monoisotopic (exact) mass is 156 g/mol. The van der Waals surface area contributed by atoms with E-state index in [0.29, 0.717) is 24.9 Å². The highest BCUT2D eigenvalue weighted by molar-refractivity contribution is 5.70. The first-order valence-electron chi connectivity index (χ1n) is 4.34. The molecule has 2 heteroatoms. The zero-order chi connectivity index (χ0) is 8.27. The van der Waals surface area contributed by atoms with Gasteiger partial charge in [-0.3, -0.25) is 4.79 Å². The number of hydrogen-bond donors (Lipinski definition) is 0. The lowest BCUT2D eigenvalue weighted by molar-refractivity contribution is -0.149. The van der Waals surface area contributed by atoms with Gasteiger partial charge in [-0.2, -0.15) is 0 Å². The average molecular weight is 156 g/mol. The number of ether oxygens (including phenoxy) is 1. The lowest BCUT2D eigenvalue weighted by Gasteiger charge is -2.22. The predicted octanol–water partition coefficient (Wildman–Crippen LogP) is 1.99. The first-order chi connectivity index (χ1) is 5.18. The van der Waals surface area contributed by atoms with Gasteiger partial charge in [-0.05, 0) is 24.7 Å². The van der Waals surface area contributed by atoms with E-state index in [0.717, 1.165) is 12.8 Å². The Bertz CT molecular complexity index is 140. The Kier molecular flexibility index (Phi) is 2.92. The molecule has 2 nitrogen and oxygen atoms in total. The van der Waals surface area contributed by atoms with Gasteiger partial charge in [0.1, 0.15) is 0 Å². The quantitative estimate of drug-likeness (QED) is 0.571. The Balaban J connectivity index is 2.28. The second kappa shape index (κ2) is 3.74. The van der Waals surface area contributed by atoms with E-state index < -0.39 is 0 Å². The first-order valence-corrected chi connectivity index (χ1v) is 4.34. The van der Waals surface area contributed by atoms with Crippen molar-refractivity contribution < 1.29 is 9.53 Å². The molecular formula is C9H16O2. The minimum absolute atomic E-state index is 0.0121. The lowest BCUT2D eigenvalue weighted by Crippen LogP contribution is -2.21. The molecule has 1 aliphatic heterocycles. The summed E-state index contributed by atoms with van der Waals surface area (Å²) in [5.74, 6) is 1.27. The van der Waals surface area contributed by atoms with Crippen LogP contribution in [0.1, 0.15) is 33.1 Å². The molecule has 0 radical (unpaired) electrons. The fourth-order valence-corrected chi connectivity index (χ4v) is 1.60. The van der Waals surface area contributed by atoms with Gasteiger partial charge in [0, 0.05) is 6.42 Å². The molecule has 0 bridgehead atoms. The number of hydrogen-bond acceptors (Lipinski definition) is 2. The first kappa shape index (κ1) is 8.57. The molecule has 0 saturated carbocycles. The minimum atomic E-state index is -0.0121. The van der Waals surface area contributed by atoms with E-state index in [1.54, 1.807) is 0 Å². The van der Waals surface area contributed by atoms with E-state index in [9.17, 15) is 4.79 Å². The summed E-state index contributed by atoms with van der Waals surface area (Å²) in [5, 5.41) is 0. The summed E-state index contributed by atoms with van der Waals surface area (Å²) in [6.45, 7) is 5.02. The average Bonchev–Trinajstić information content (AvgIpc) is 1.85. The van der Waals surface area contributed by atoms with Gasteiger partial charge < -0.3 is 4.74 Å². The van der Waals surface area contributed by atoms with Crippen molar-refractivity contribution in [2.24, 2.45) is 11.8 Å². The van der Waals surface area contributed by atoms with Crippen LogP contribution in [0, 0.1) is 11.8 Å². The van der Waals surface area contributed by atoms with E-state index in [1.807, 2.05) is 0 Å². The summed E-state index contributed by atoms with van der Waals surface area (Å²) >= 11 is 0. The molecule has 0 unspecified atom stereocenters. The highest BCUT2D eigenvalue weighted by Gasteiger charge is 2.20. The number of carbonyl (C=O) groups excluding carboxylic acids is 1. The maximum Gasteiger partial charge on any atom is 0.306 e. The Hall–Kier alpha value is -0.530. The molecule has 0 aromatic rings. The molecule has 1 heterocycles. The fraction of sp³-hybridized carbons (Fsp3) is 0.889. The molecule has 1 saturated heterocycles. The Morgan fingerprint density at radius 3 is 2.91 bits per heavy atom. The van der Waals surface area contributed by atoms with Crippen LogP contribution in [0.4, 0.5) is 0 Å². The van der Waals surface area contributed by atoms with Gasteiger partial charge in [0.15, 0.2) is 0 Å². The van der Waals surface area contributed by atoms with Gasteiger partial charge in [-0.1, -0.05) is 13.8 Å². The van der Waals surface area contributed by atoms with E-state index in [1.165, 1.54) is 0 Å². The standard InChI is InChI=1S/C9H16O2/c1-7(2)5-8-3-4-11-9(10)6-8/h7-8H,3-6H2,1-2H3/t8-/m1/s1. The van der Waals surface area contributed by atoms with Crippen molar-refractivity contribution in [2.45, 2.75) is 33.1 Å². The summed E-state index contributed by atoms with van der Waals surface area (Å²) < 4.78 is 4.85. The number of carbonyl (C=O) groups is 1. The normalized spacial score (nSPS) is 25.4. The van der Waals surface area contributed by atoms with Gasteiger partial charge in [-0.15, -0.1) is 0 Å². The number of esters is 1. The highest BCUT2D eigenvalue weighted by atomic mass is 16.5. The van der Waals surface area contributed by atoms with Gasteiger partial charge >= 0.3 is 5.97 Å². The van der Waals surface area contributed by atoms with Crippen molar-refractivity contribution in [1.29, 1.82) is 0 Å². The second-order valence-corrected chi connectivity index (χ2v) is 3.71. The third-order valence-corrected chi connectivity index (χ3v) is 2.05. The van der Waals surface area contributed by atoms with Crippen LogP contribution in [0.25, 0.3) is 0 Å². The summed E-state index contributed by atoms with van der Waals surface area (Å²) in [5.41, 5.74) is 0. The van der Waals surface area contributed by atoms with E-state index >= 15 is 0 Å². The summed E-state index contributed by atoms with van der Waals surface area (Å²) in [4.78, 5) is 10.8. The molecule has 1 aliphatic rings. The van der Waals surface area contributed by atoms with Crippen LogP contribution in [0.15, 0.2) is 0 Å². The summed E-state index contributed by atoms with van der Waals surface area (Å²) in [7, 11) is 0. The van der Waals surface area contributed by atoms with E-state index in [2.05, 4.69) is 13.8 Å². The third kappa shape index (κ3) is 2.91. The highest BCUT2D eigenvalue weighted by Crippen LogP contribution is 2.22. The van der Waals surface area contributed by atoms with Crippen molar-refractivity contribution in [3.63, 3.8) is 0 Å². The van der Waals surface area contributed by atoms with Crippen LogP contribution in [-0.2, 0) is 9.53 Å². The van der Waals surface area contributed by atoms with Crippen LogP contribution in [-0.4, -0.2) is 12.6 Å². The van der Waals surface area contributed by atoms with Gasteiger partial charge in [0.2, 0.25) is 0 Å². The molecule has 1 fully saturated rings. The van der Waals surface area contributed by atoms with Crippen LogP contribution in [0.5, 0.6) is 0 Å². The maximum atomic E-state index is 10.8. The molecule has 0 aromatic heterocycles. The van der Waals surface area contributed by atoms with Crippen molar-refractivity contribution in [3.8, 4) is 0 Å². The predicted molar refractivity (Wildman–Crippen MR) is 43.1 cm³/mol. The Morgan fingerprint density at radius 2 is 2.36 bits per heavy atom. The van der Waals surface area contributed by atoms with Crippen LogP contribution >= 0.6 is 0 Å². The van der Waals surface area contributed by atoms with Crippen molar-refractivity contribution in [2.75, 3.05) is 6.61 Å². The van der Waals surface area contributed by atoms with Gasteiger partial charge in [0.25, 0.3) is 0 Å². The number of cyclic esters (lactones) is 1. The molecule has 0 aliphatic carbocycles. The molecule has 0 aromatic carbocycles. The van der Waals surface area contributed by atoms with E-state index in [-0.39, 0.29) is 5.97 Å². The maximum absolute atomic E-state index is 10.8. The third-order valence-electron chi connectivity index (χ3n) is 2.05. The van der Waals surface area contributed by atoms with Crippen LogP contribution in [0.3, 0.4) is 0 Å². The smallest absolute Gasteiger partial charge is 0.306 e. The molecule has 0 N–H and O–H groups in total. The second-order valence-electron chi connectivity index (χ2n) is 3.71. The Morgan fingerprint density at radius 1 is 1.64 bits per heavy atom. The van der Waals surface area contributed by atoms with Crippen molar-refractivity contribution in [3.05, 3.63) is 0 Å². The fourth-order valence-electron chi connectivity index (χ4n) is 1.60. The zero-order valence-corrected chi connectivity index (χ0v) is 7.30. The minimum Gasteiger partial charge on any atom is -0.466 e. The molecule has 0 amide bonds. The van der Waals surface area contributed by atoms with Crippen LogP contribution in [0.2, 0.25) is 0 Å². The lowest BCUT2D eigenvalue weighted by atomic mass is 9.90. The van der Waals surface area contributed by atoms with Crippen molar-refractivity contribution >= 4 is 5.97 Å². The topological polar surface area (TPSA) is 26.3 Å². The Labute approximate surface area is 67.9 Å². The molecular weight excluding hydrogens is 140 g/mol. The zero-order valence-electron chi connectivity index (χ0n) is 7.30. The van der Waals surface area contributed by atoms with Gasteiger partial charge in [-0.25, -0.2) is 0 Å². The largest absolute Gasteiger partial charge is 0.466 e. The molecule has 1 atom stereocenters. The SMILES string of the molecule is CC(C)C[C@H]1CCOC(=O)C1. The van der Waals surface area contributed by atoms with Crippen LogP contribution < -0.4 is 0 Å². The summed E-state index contributed by atoms with van der Waals surface area (Å²) in [6, 6.07) is 0. The van der Waals surface area contributed by atoms with Gasteiger partial charge in [0.05, 0.1) is 6.61 Å². The molecule has 1 rings (SSSR count). The van der Waals surface area contributed by atoms with E-state index in [4.69, 9.17) is 4.74 Å². The molecule has 64 valence electrons.